The first-order valence-corrected chi connectivity index (χ1v) is 10.9. The third-order valence-corrected chi connectivity index (χ3v) is 6.93. The van der Waals surface area contributed by atoms with Gasteiger partial charge in [0.15, 0.2) is 5.13 Å². The molecule has 1 saturated heterocycles. The standard InChI is InChI=1S/C21H28ClN3O2S/c1-4-27-19(26)21(14-16-8-6-5-7-9-16)10-12-25(13-11-21)15-17-18(22)23-20(28-17)24(2)3/h5-9H,4,10-15H2,1-3H3. The van der Waals surface area contributed by atoms with Crippen LogP contribution in [0.1, 0.15) is 30.2 Å². The molecule has 1 aliphatic heterocycles. The molecular formula is C21H28ClN3O2S. The molecule has 1 aromatic carbocycles. The number of thiazole rings is 1. The van der Waals surface area contributed by atoms with Gasteiger partial charge in [-0.3, -0.25) is 9.69 Å². The molecule has 5 nitrogen and oxygen atoms in total. The Hall–Kier alpha value is -1.63. The van der Waals surface area contributed by atoms with Crippen LogP contribution in [0.25, 0.3) is 0 Å². The fourth-order valence-corrected chi connectivity index (χ4v) is 4.90. The number of rotatable bonds is 7. The summed E-state index contributed by atoms with van der Waals surface area (Å²) in [5.74, 6) is -0.0655. The first kappa shape index (κ1) is 21.1. The zero-order chi connectivity index (χ0) is 20.1. The first-order chi connectivity index (χ1) is 13.4. The van der Waals surface area contributed by atoms with Gasteiger partial charge in [0.2, 0.25) is 0 Å². The minimum atomic E-state index is -0.444. The van der Waals surface area contributed by atoms with Crippen molar-refractivity contribution >= 4 is 34.0 Å². The van der Waals surface area contributed by atoms with Gasteiger partial charge in [-0.1, -0.05) is 53.3 Å². The van der Waals surface area contributed by atoms with Gasteiger partial charge >= 0.3 is 5.97 Å². The van der Waals surface area contributed by atoms with Crippen molar-refractivity contribution in [2.24, 2.45) is 5.41 Å². The number of nitrogens with zero attached hydrogens (tertiary/aromatic N) is 3. The molecule has 2 aromatic rings. The molecule has 3 rings (SSSR count). The molecule has 0 atom stereocenters. The minimum Gasteiger partial charge on any atom is -0.466 e. The van der Waals surface area contributed by atoms with Gasteiger partial charge in [0.05, 0.1) is 16.9 Å². The molecule has 1 aromatic heterocycles. The maximum atomic E-state index is 12.8. The number of esters is 1. The van der Waals surface area contributed by atoms with Gasteiger partial charge in [-0.2, -0.15) is 0 Å². The number of hydrogen-bond donors (Lipinski definition) is 0. The number of carbonyl (C=O) groups excluding carboxylic acids is 1. The summed E-state index contributed by atoms with van der Waals surface area (Å²) in [5.41, 5.74) is 0.741. The quantitative estimate of drug-likeness (QED) is 0.625. The maximum absolute atomic E-state index is 12.8. The maximum Gasteiger partial charge on any atom is 0.312 e. The number of carbonyl (C=O) groups is 1. The molecule has 0 bridgehead atoms. The highest BCUT2D eigenvalue weighted by Crippen LogP contribution is 2.38. The Morgan fingerprint density at radius 1 is 1.29 bits per heavy atom. The molecule has 0 spiro atoms. The van der Waals surface area contributed by atoms with E-state index in [-0.39, 0.29) is 5.97 Å². The monoisotopic (exact) mass is 421 g/mol. The molecule has 2 heterocycles. The van der Waals surface area contributed by atoms with E-state index < -0.39 is 5.41 Å². The predicted octanol–water partition coefficient (Wildman–Crippen LogP) is 4.25. The molecule has 0 N–H and O–H groups in total. The summed E-state index contributed by atoms with van der Waals surface area (Å²) in [6.45, 7) is 4.75. The van der Waals surface area contributed by atoms with Crippen molar-refractivity contribution in [1.82, 2.24) is 9.88 Å². The van der Waals surface area contributed by atoms with E-state index in [1.165, 1.54) is 5.56 Å². The van der Waals surface area contributed by atoms with Crippen molar-refractivity contribution in [2.75, 3.05) is 38.7 Å². The summed E-state index contributed by atoms with van der Waals surface area (Å²) < 4.78 is 5.47. The largest absolute Gasteiger partial charge is 0.466 e. The van der Waals surface area contributed by atoms with Crippen LogP contribution >= 0.6 is 22.9 Å². The van der Waals surface area contributed by atoms with Gasteiger partial charge in [-0.05, 0) is 44.8 Å². The Bertz CT molecular complexity index is 786. The average Bonchev–Trinajstić information content (AvgIpc) is 3.05. The van der Waals surface area contributed by atoms with Crippen molar-refractivity contribution in [2.45, 2.75) is 32.7 Å². The predicted molar refractivity (Wildman–Crippen MR) is 115 cm³/mol. The van der Waals surface area contributed by atoms with E-state index in [1.54, 1.807) is 11.3 Å². The van der Waals surface area contributed by atoms with Gasteiger partial charge in [0.25, 0.3) is 0 Å². The van der Waals surface area contributed by atoms with Crippen molar-refractivity contribution < 1.29 is 9.53 Å². The molecule has 0 aliphatic carbocycles. The SMILES string of the molecule is CCOC(=O)C1(Cc2ccccc2)CCN(Cc2sc(N(C)C)nc2Cl)CC1. The summed E-state index contributed by atoms with van der Waals surface area (Å²) in [6, 6.07) is 10.2. The number of ether oxygens (including phenoxy) is 1. The van der Waals surface area contributed by atoms with E-state index >= 15 is 0 Å². The minimum absolute atomic E-state index is 0.0655. The van der Waals surface area contributed by atoms with Crippen LogP contribution in [0.3, 0.4) is 0 Å². The third kappa shape index (κ3) is 4.85. The summed E-state index contributed by atoms with van der Waals surface area (Å²) in [5, 5.41) is 1.50. The van der Waals surface area contributed by atoms with Crippen molar-refractivity contribution in [3.63, 3.8) is 0 Å². The van der Waals surface area contributed by atoms with Crippen LogP contribution in [0.2, 0.25) is 5.15 Å². The molecule has 7 heteroatoms. The number of hydrogen-bond acceptors (Lipinski definition) is 6. The summed E-state index contributed by atoms with van der Waals surface area (Å²) in [4.78, 5) is 22.7. The number of benzene rings is 1. The summed E-state index contributed by atoms with van der Waals surface area (Å²) >= 11 is 7.96. The fraction of sp³-hybridized carbons (Fsp3) is 0.524. The second-order valence-electron chi connectivity index (χ2n) is 7.54. The van der Waals surface area contributed by atoms with E-state index in [2.05, 4.69) is 22.0 Å². The van der Waals surface area contributed by atoms with Crippen LogP contribution in [0.4, 0.5) is 5.13 Å². The van der Waals surface area contributed by atoms with Gasteiger partial charge in [0, 0.05) is 20.6 Å². The number of halogens is 1. The topological polar surface area (TPSA) is 45.7 Å². The Kier molecular flexibility index (Phi) is 6.96. The lowest BCUT2D eigenvalue weighted by Crippen LogP contribution is -2.46. The van der Waals surface area contributed by atoms with Crippen LogP contribution in [0, 0.1) is 5.41 Å². The molecule has 0 radical (unpaired) electrons. The van der Waals surface area contributed by atoms with E-state index in [4.69, 9.17) is 16.3 Å². The third-order valence-electron chi connectivity index (χ3n) is 5.30. The van der Waals surface area contributed by atoms with Gasteiger partial charge in [0.1, 0.15) is 5.15 Å². The Morgan fingerprint density at radius 2 is 1.96 bits per heavy atom. The van der Waals surface area contributed by atoms with E-state index in [0.717, 1.165) is 48.9 Å². The number of anilines is 1. The summed E-state index contributed by atoms with van der Waals surface area (Å²) in [6.07, 6.45) is 2.31. The van der Waals surface area contributed by atoms with Crippen LogP contribution in [-0.2, 0) is 22.5 Å². The Morgan fingerprint density at radius 3 is 2.54 bits per heavy atom. The molecule has 1 aliphatic rings. The molecule has 0 unspecified atom stereocenters. The lowest BCUT2D eigenvalue weighted by atomic mass is 9.73. The highest BCUT2D eigenvalue weighted by molar-refractivity contribution is 7.16. The molecule has 28 heavy (non-hydrogen) atoms. The summed E-state index contributed by atoms with van der Waals surface area (Å²) in [7, 11) is 3.94. The van der Waals surface area contributed by atoms with E-state index in [0.29, 0.717) is 11.8 Å². The highest BCUT2D eigenvalue weighted by Gasteiger charge is 2.42. The number of piperidine rings is 1. The van der Waals surface area contributed by atoms with Crippen molar-refractivity contribution in [1.29, 1.82) is 0 Å². The van der Waals surface area contributed by atoms with Gasteiger partial charge in [-0.25, -0.2) is 4.98 Å². The molecule has 0 amide bonds. The first-order valence-electron chi connectivity index (χ1n) is 9.69. The zero-order valence-corrected chi connectivity index (χ0v) is 18.4. The number of likely N-dealkylation sites (tertiary alicyclic amines) is 1. The van der Waals surface area contributed by atoms with Crippen LogP contribution < -0.4 is 4.90 Å². The van der Waals surface area contributed by atoms with Crippen molar-refractivity contribution in [3.05, 3.63) is 45.9 Å². The second-order valence-corrected chi connectivity index (χ2v) is 8.96. The van der Waals surface area contributed by atoms with E-state index in [1.807, 2.05) is 44.1 Å². The van der Waals surface area contributed by atoms with E-state index in [9.17, 15) is 4.79 Å². The molecule has 0 saturated carbocycles. The molecular weight excluding hydrogens is 394 g/mol. The smallest absolute Gasteiger partial charge is 0.312 e. The highest BCUT2D eigenvalue weighted by atomic mass is 35.5. The molecule has 1 fully saturated rings. The normalized spacial score (nSPS) is 16.7. The van der Waals surface area contributed by atoms with Gasteiger partial charge < -0.3 is 9.64 Å². The van der Waals surface area contributed by atoms with Crippen molar-refractivity contribution in [3.8, 4) is 0 Å². The van der Waals surface area contributed by atoms with Gasteiger partial charge in [-0.15, -0.1) is 0 Å². The van der Waals surface area contributed by atoms with Crippen LogP contribution in [-0.4, -0.2) is 49.6 Å². The Labute approximate surface area is 176 Å². The molecule has 152 valence electrons. The fourth-order valence-electron chi connectivity index (χ4n) is 3.68. The second kappa shape index (κ2) is 9.25. The average molecular weight is 422 g/mol. The van der Waals surface area contributed by atoms with Crippen LogP contribution in [0.15, 0.2) is 30.3 Å². The Balaban J connectivity index is 1.69. The lowest BCUT2D eigenvalue weighted by molar-refractivity contribution is -0.158. The lowest BCUT2D eigenvalue weighted by Gasteiger charge is -2.40. The zero-order valence-electron chi connectivity index (χ0n) is 16.8. The van der Waals surface area contributed by atoms with Crippen LogP contribution in [0.5, 0.6) is 0 Å². The number of aromatic nitrogens is 1.